The number of nitrogens with zero attached hydrogens (tertiary/aromatic N) is 1. The lowest BCUT2D eigenvalue weighted by Crippen LogP contribution is -2.19. The van der Waals surface area contributed by atoms with Gasteiger partial charge in [0, 0.05) is 23.4 Å². The Labute approximate surface area is 177 Å². The minimum absolute atomic E-state index is 0.0497. The average molecular weight is 429 g/mol. The van der Waals surface area contributed by atoms with Crippen LogP contribution in [-0.2, 0) is 6.18 Å². The summed E-state index contributed by atoms with van der Waals surface area (Å²) in [5, 5.41) is 2.80. The summed E-state index contributed by atoms with van der Waals surface area (Å²) in [7, 11) is 0. The third-order valence-electron chi connectivity index (χ3n) is 5.02. The molecular formula is C23H22F3N3O2. The molecule has 3 N–H and O–H groups in total. The van der Waals surface area contributed by atoms with Crippen LogP contribution in [0.1, 0.15) is 51.9 Å². The summed E-state index contributed by atoms with van der Waals surface area (Å²) in [6.45, 7) is 5.46. The molecule has 5 nitrogen and oxygen atoms in total. The average Bonchev–Trinajstić information content (AvgIpc) is 3.04. The maximum absolute atomic E-state index is 13.0. The van der Waals surface area contributed by atoms with Crippen molar-refractivity contribution in [2.24, 2.45) is 5.73 Å². The van der Waals surface area contributed by atoms with Crippen LogP contribution in [0.15, 0.2) is 54.7 Å². The number of rotatable bonds is 5. The Hall–Kier alpha value is -3.55. The minimum atomic E-state index is -4.44. The van der Waals surface area contributed by atoms with Crippen LogP contribution < -0.4 is 11.1 Å². The molecule has 0 aliphatic rings. The zero-order valence-electron chi connectivity index (χ0n) is 17.2. The minimum Gasteiger partial charge on any atom is -0.364 e. The van der Waals surface area contributed by atoms with Crippen molar-refractivity contribution in [2.75, 3.05) is 5.32 Å². The van der Waals surface area contributed by atoms with Crippen LogP contribution in [0.3, 0.4) is 0 Å². The van der Waals surface area contributed by atoms with E-state index in [1.165, 1.54) is 12.1 Å². The predicted octanol–water partition coefficient (Wildman–Crippen LogP) is 5.41. The van der Waals surface area contributed by atoms with E-state index in [0.29, 0.717) is 33.6 Å². The molecule has 3 aromatic rings. The molecule has 3 rings (SSSR count). The van der Waals surface area contributed by atoms with E-state index in [2.05, 4.69) is 5.32 Å². The summed E-state index contributed by atoms with van der Waals surface area (Å²) in [6.07, 6.45) is -2.78. The van der Waals surface area contributed by atoms with Crippen molar-refractivity contribution in [1.29, 1.82) is 0 Å². The molecule has 0 bridgehead atoms. The van der Waals surface area contributed by atoms with Crippen LogP contribution >= 0.6 is 0 Å². The Morgan fingerprint density at radius 3 is 2.16 bits per heavy atom. The molecule has 0 unspecified atom stereocenters. The lowest BCUT2D eigenvalue weighted by atomic mass is 9.98. The first kappa shape index (κ1) is 22.1. The molecule has 1 aromatic heterocycles. The molecule has 0 fully saturated rings. The van der Waals surface area contributed by atoms with Crippen LogP contribution in [0.2, 0.25) is 0 Å². The number of carbonyl (C=O) groups is 2. The summed E-state index contributed by atoms with van der Waals surface area (Å²) in [5.41, 5.74) is 7.29. The summed E-state index contributed by atoms with van der Waals surface area (Å²) < 4.78 is 40.3. The Kier molecular flexibility index (Phi) is 5.92. The lowest BCUT2D eigenvalue weighted by molar-refractivity contribution is -0.137. The standard InChI is InChI=1S/C23H22F3N3O2/c1-13(2)29-12-19(14(3)20(29)21(27)30)28-22(31)18-7-5-4-6-17(18)15-8-10-16(11-9-15)23(24,25)26/h4-13H,1-3H3,(H2,27,30)(H,28,31). The predicted molar refractivity (Wildman–Crippen MR) is 113 cm³/mol. The number of nitrogens with one attached hydrogen (secondary N) is 1. The number of halogens is 3. The van der Waals surface area contributed by atoms with Gasteiger partial charge in [0.05, 0.1) is 11.3 Å². The van der Waals surface area contributed by atoms with Gasteiger partial charge in [-0.1, -0.05) is 30.3 Å². The normalized spacial score (nSPS) is 11.6. The van der Waals surface area contributed by atoms with Crippen molar-refractivity contribution >= 4 is 17.5 Å². The highest BCUT2D eigenvalue weighted by atomic mass is 19.4. The summed E-state index contributed by atoms with van der Waals surface area (Å²) >= 11 is 0. The van der Waals surface area contributed by atoms with Crippen molar-refractivity contribution < 1.29 is 22.8 Å². The van der Waals surface area contributed by atoms with E-state index in [0.717, 1.165) is 12.1 Å². The van der Waals surface area contributed by atoms with Gasteiger partial charge in [0.1, 0.15) is 5.69 Å². The Morgan fingerprint density at radius 1 is 1.03 bits per heavy atom. The van der Waals surface area contributed by atoms with Crippen LogP contribution in [0.5, 0.6) is 0 Å². The van der Waals surface area contributed by atoms with Gasteiger partial charge in [0.15, 0.2) is 0 Å². The molecule has 0 saturated heterocycles. The molecule has 8 heteroatoms. The third-order valence-corrected chi connectivity index (χ3v) is 5.02. The lowest BCUT2D eigenvalue weighted by Gasteiger charge is -2.12. The molecule has 31 heavy (non-hydrogen) atoms. The molecule has 0 radical (unpaired) electrons. The first-order valence-corrected chi connectivity index (χ1v) is 9.60. The fraction of sp³-hybridized carbons (Fsp3) is 0.217. The van der Waals surface area contributed by atoms with Crippen molar-refractivity contribution in [1.82, 2.24) is 4.57 Å². The van der Waals surface area contributed by atoms with Gasteiger partial charge >= 0.3 is 6.18 Å². The van der Waals surface area contributed by atoms with E-state index < -0.39 is 23.6 Å². The van der Waals surface area contributed by atoms with E-state index >= 15 is 0 Å². The van der Waals surface area contributed by atoms with Gasteiger partial charge in [-0.2, -0.15) is 13.2 Å². The SMILES string of the molecule is Cc1c(NC(=O)c2ccccc2-c2ccc(C(F)(F)F)cc2)cn(C(C)C)c1C(N)=O. The fourth-order valence-electron chi connectivity index (χ4n) is 3.43. The number of benzene rings is 2. The second-order valence-electron chi connectivity index (χ2n) is 7.46. The number of carbonyl (C=O) groups excluding carboxylic acids is 2. The maximum Gasteiger partial charge on any atom is 0.416 e. The second kappa shape index (κ2) is 8.29. The first-order valence-electron chi connectivity index (χ1n) is 9.60. The molecule has 2 amide bonds. The van der Waals surface area contributed by atoms with Gasteiger partial charge in [-0.25, -0.2) is 0 Å². The van der Waals surface area contributed by atoms with Gasteiger partial charge in [0.25, 0.3) is 11.8 Å². The largest absolute Gasteiger partial charge is 0.416 e. The van der Waals surface area contributed by atoms with Crippen molar-refractivity contribution in [3.05, 3.63) is 77.1 Å². The van der Waals surface area contributed by atoms with E-state index in [1.54, 1.807) is 42.0 Å². The highest BCUT2D eigenvalue weighted by Gasteiger charge is 2.30. The Balaban J connectivity index is 1.96. The highest BCUT2D eigenvalue weighted by molar-refractivity contribution is 6.09. The number of anilines is 1. The van der Waals surface area contributed by atoms with E-state index in [9.17, 15) is 22.8 Å². The highest BCUT2D eigenvalue weighted by Crippen LogP contribution is 2.32. The number of alkyl halides is 3. The zero-order valence-corrected chi connectivity index (χ0v) is 17.2. The zero-order chi connectivity index (χ0) is 22.9. The second-order valence-corrected chi connectivity index (χ2v) is 7.46. The van der Waals surface area contributed by atoms with Gasteiger partial charge < -0.3 is 15.6 Å². The molecule has 1 heterocycles. The molecule has 0 aliphatic carbocycles. The van der Waals surface area contributed by atoms with Gasteiger partial charge in [-0.05, 0) is 50.1 Å². The molecule has 0 aliphatic heterocycles. The van der Waals surface area contributed by atoms with E-state index in [1.807, 2.05) is 13.8 Å². The van der Waals surface area contributed by atoms with E-state index in [4.69, 9.17) is 5.73 Å². The Bertz CT molecular complexity index is 1130. The fourth-order valence-corrected chi connectivity index (χ4v) is 3.43. The summed E-state index contributed by atoms with van der Waals surface area (Å²) in [4.78, 5) is 24.9. The molecule has 0 atom stereocenters. The van der Waals surface area contributed by atoms with Crippen LogP contribution in [0.25, 0.3) is 11.1 Å². The van der Waals surface area contributed by atoms with Gasteiger partial charge in [0.2, 0.25) is 0 Å². The van der Waals surface area contributed by atoms with Gasteiger partial charge in [-0.3, -0.25) is 9.59 Å². The number of nitrogens with two attached hydrogens (primary N) is 1. The summed E-state index contributed by atoms with van der Waals surface area (Å²) in [6, 6.07) is 11.2. The molecule has 162 valence electrons. The number of aromatic nitrogens is 1. The number of primary amides is 1. The monoisotopic (exact) mass is 429 g/mol. The van der Waals surface area contributed by atoms with Crippen molar-refractivity contribution in [2.45, 2.75) is 33.0 Å². The summed E-state index contributed by atoms with van der Waals surface area (Å²) in [5.74, 6) is -1.05. The van der Waals surface area contributed by atoms with Crippen molar-refractivity contribution in [3.63, 3.8) is 0 Å². The smallest absolute Gasteiger partial charge is 0.364 e. The maximum atomic E-state index is 13.0. The molecule has 0 spiro atoms. The van der Waals surface area contributed by atoms with Crippen LogP contribution in [-0.4, -0.2) is 16.4 Å². The number of hydrogen-bond acceptors (Lipinski definition) is 2. The van der Waals surface area contributed by atoms with Crippen LogP contribution in [0, 0.1) is 6.92 Å². The number of hydrogen-bond donors (Lipinski definition) is 2. The molecular weight excluding hydrogens is 407 g/mol. The molecule has 0 saturated carbocycles. The van der Waals surface area contributed by atoms with Gasteiger partial charge in [-0.15, -0.1) is 0 Å². The Morgan fingerprint density at radius 2 is 1.65 bits per heavy atom. The first-order chi connectivity index (χ1) is 14.5. The van der Waals surface area contributed by atoms with Crippen molar-refractivity contribution in [3.8, 4) is 11.1 Å². The van der Waals surface area contributed by atoms with E-state index in [-0.39, 0.29) is 6.04 Å². The number of amides is 2. The third kappa shape index (κ3) is 4.47. The molecule has 2 aromatic carbocycles. The quantitative estimate of drug-likeness (QED) is 0.569. The van der Waals surface area contributed by atoms with Crippen LogP contribution in [0.4, 0.5) is 18.9 Å². The topological polar surface area (TPSA) is 77.1 Å².